The summed E-state index contributed by atoms with van der Waals surface area (Å²) in [4.78, 5) is 1.08. The molecule has 2 heterocycles. The number of nitrogens with zero attached hydrogens (tertiary/aromatic N) is 3. The highest BCUT2D eigenvalue weighted by Gasteiger charge is 2.30. The smallest absolute Gasteiger partial charge is 0.406 e. The summed E-state index contributed by atoms with van der Waals surface area (Å²) in [5.74, 6) is 0.711. The molecule has 10 heteroatoms. The number of ether oxygens (including phenoxy) is 1. The lowest BCUT2D eigenvalue weighted by molar-refractivity contribution is -0.139. The van der Waals surface area contributed by atoms with Gasteiger partial charge in [-0.3, -0.25) is 0 Å². The van der Waals surface area contributed by atoms with Crippen molar-refractivity contribution < 1.29 is 17.9 Å². The van der Waals surface area contributed by atoms with Crippen molar-refractivity contribution in [2.75, 3.05) is 18.7 Å². The minimum atomic E-state index is -4.35. The van der Waals surface area contributed by atoms with Crippen LogP contribution in [0.1, 0.15) is 10.6 Å². The fourth-order valence-electron chi connectivity index (χ4n) is 3.50. The van der Waals surface area contributed by atoms with E-state index in [2.05, 4.69) is 15.5 Å². The fraction of sp³-hybridized carbons (Fsp3) is 0.273. The number of hydrogen-bond donors (Lipinski definition) is 1. The van der Waals surface area contributed by atoms with E-state index in [9.17, 15) is 13.2 Å². The number of halogens is 3. The molecule has 0 atom stereocenters. The van der Waals surface area contributed by atoms with Crippen LogP contribution in [0.25, 0.3) is 21.6 Å². The van der Waals surface area contributed by atoms with Gasteiger partial charge in [-0.1, -0.05) is 23.5 Å². The molecule has 0 radical (unpaired) electrons. The molecular formula is C22H21F3N4OS2. The number of fused-ring (bicyclic) bond motifs is 1. The van der Waals surface area contributed by atoms with Crippen molar-refractivity contribution in [2.24, 2.45) is 0 Å². The van der Waals surface area contributed by atoms with E-state index < -0.39 is 12.7 Å². The second kappa shape index (κ2) is 9.03. The summed E-state index contributed by atoms with van der Waals surface area (Å²) in [7, 11) is 1.61. The van der Waals surface area contributed by atoms with Gasteiger partial charge in [0.1, 0.15) is 17.3 Å². The standard InChI is InChI=1S/C22H21F3N4OS2/c1-13-5-4-6-17-15(13)10-18(29(17)12-22(23,24)25)21-28-27-20(32-21)11-26-16-8-7-14(31-3)9-19(16)30-2/h4-10,26H,11-12H2,1-3H3. The highest BCUT2D eigenvalue weighted by molar-refractivity contribution is 7.98. The van der Waals surface area contributed by atoms with Gasteiger partial charge in [0, 0.05) is 15.8 Å². The van der Waals surface area contributed by atoms with Gasteiger partial charge < -0.3 is 14.6 Å². The predicted molar refractivity (Wildman–Crippen MR) is 124 cm³/mol. The molecule has 0 unspecified atom stereocenters. The third kappa shape index (κ3) is 4.71. The van der Waals surface area contributed by atoms with Crippen molar-refractivity contribution in [1.82, 2.24) is 14.8 Å². The van der Waals surface area contributed by atoms with E-state index in [4.69, 9.17) is 4.74 Å². The van der Waals surface area contributed by atoms with E-state index in [-0.39, 0.29) is 0 Å². The molecule has 0 aliphatic rings. The molecule has 2 aromatic carbocycles. The van der Waals surface area contributed by atoms with Crippen molar-refractivity contribution in [3.63, 3.8) is 0 Å². The second-order valence-corrected chi connectivity index (χ2v) is 9.10. The molecule has 168 valence electrons. The number of nitrogens with one attached hydrogen (secondary N) is 1. The zero-order valence-electron chi connectivity index (χ0n) is 17.7. The summed E-state index contributed by atoms with van der Waals surface area (Å²) in [6.07, 6.45) is -2.36. The zero-order valence-corrected chi connectivity index (χ0v) is 19.3. The van der Waals surface area contributed by atoms with Crippen molar-refractivity contribution in [2.45, 2.75) is 31.1 Å². The molecule has 0 saturated carbocycles. The summed E-state index contributed by atoms with van der Waals surface area (Å²) >= 11 is 2.89. The van der Waals surface area contributed by atoms with E-state index in [0.717, 1.165) is 21.5 Å². The number of anilines is 1. The molecule has 1 N–H and O–H groups in total. The first-order valence-electron chi connectivity index (χ1n) is 9.73. The molecule has 0 bridgehead atoms. The zero-order chi connectivity index (χ0) is 22.9. The molecule has 0 amide bonds. The van der Waals surface area contributed by atoms with Gasteiger partial charge in [0.15, 0.2) is 5.01 Å². The summed E-state index contributed by atoms with van der Waals surface area (Å²) in [6.45, 7) is 1.18. The molecule has 0 fully saturated rings. The number of thioether (sulfide) groups is 1. The first-order valence-corrected chi connectivity index (χ1v) is 11.8. The summed E-state index contributed by atoms with van der Waals surface area (Å²) in [5.41, 5.74) is 2.67. The molecule has 4 aromatic rings. The Morgan fingerprint density at radius 2 is 1.97 bits per heavy atom. The van der Waals surface area contributed by atoms with E-state index in [0.29, 0.717) is 33.5 Å². The van der Waals surface area contributed by atoms with E-state index in [1.54, 1.807) is 37.1 Å². The fourth-order valence-corrected chi connectivity index (χ4v) is 4.74. The highest BCUT2D eigenvalue weighted by atomic mass is 32.2. The van der Waals surface area contributed by atoms with Crippen molar-refractivity contribution >= 4 is 39.7 Å². The van der Waals surface area contributed by atoms with Crippen molar-refractivity contribution in [1.29, 1.82) is 0 Å². The van der Waals surface area contributed by atoms with Gasteiger partial charge in [0.25, 0.3) is 0 Å². The van der Waals surface area contributed by atoms with Crippen molar-refractivity contribution in [3.05, 3.63) is 53.0 Å². The first kappa shape index (κ1) is 22.5. The molecule has 5 nitrogen and oxygen atoms in total. The maximum absolute atomic E-state index is 13.3. The van der Waals surface area contributed by atoms with Crippen LogP contribution in [0.2, 0.25) is 0 Å². The van der Waals surface area contributed by atoms with Crippen molar-refractivity contribution in [3.8, 4) is 16.5 Å². The lowest BCUT2D eigenvalue weighted by atomic mass is 10.1. The largest absolute Gasteiger partial charge is 0.495 e. The van der Waals surface area contributed by atoms with Gasteiger partial charge in [-0.15, -0.1) is 22.0 Å². The van der Waals surface area contributed by atoms with Crippen LogP contribution in [0.4, 0.5) is 18.9 Å². The van der Waals surface area contributed by atoms with Gasteiger partial charge in [-0.2, -0.15) is 13.2 Å². The summed E-state index contributed by atoms with van der Waals surface area (Å²) in [6, 6.07) is 13.0. The van der Waals surface area contributed by atoms with Gasteiger partial charge in [-0.05, 0) is 49.1 Å². The van der Waals surface area contributed by atoms with Crippen LogP contribution in [0.15, 0.2) is 47.4 Å². The van der Waals surface area contributed by atoms with E-state index >= 15 is 0 Å². The van der Waals surface area contributed by atoms with Crippen LogP contribution in [-0.4, -0.2) is 34.3 Å². The Bertz CT molecular complexity index is 1250. The van der Waals surface area contributed by atoms with E-state index in [1.807, 2.05) is 37.4 Å². The number of benzene rings is 2. The Labute approximate surface area is 191 Å². The second-order valence-electron chi connectivity index (χ2n) is 7.16. The van der Waals surface area contributed by atoms with Crippen LogP contribution in [-0.2, 0) is 13.1 Å². The number of rotatable bonds is 7. The lowest BCUT2D eigenvalue weighted by Gasteiger charge is -2.12. The topological polar surface area (TPSA) is 52.0 Å². The predicted octanol–water partition coefficient (Wildman–Crippen LogP) is 6.37. The number of aryl methyl sites for hydroxylation is 1. The average molecular weight is 479 g/mol. The van der Waals surface area contributed by atoms with Gasteiger partial charge in [0.2, 0.25) is 0 Å². The van der Waals surface area contributed by atoms with Crippen LogP contribution in [0.5, 0.6) is 5.75 Å². The molecule has 2 aromatic heterocycles. The van der Waals surface area contributed by atoms with Gasteiger partial charge >= 0.3 is 6.18 Å². The Balaban J connectivity index is 1.63. The molecule has 0 aliphatic heterocycles. The Morgan fingerprint density at radius 1 is 1.16 bits per heavy atom. The number of alkyl halides is 3. The molecule has 0 saturated heterocycles. The maximum atomic E-state index is 13.3. The Kier molecular flexibility index (Phi) is 6.34. The third-order valence-electron chi connectivity index (χ3n) is 5.03. The quantitative estimate of drug-likeness (QED) is 0.313. The SMILES string of the molecule is COc1cc(SC)ccc1NCc1nnc(-c2cc3c(C)cccc3n2CC(F)(F)F)s1. The average Bonchev–Trinajstić information content (AvgIpc) is 3.37. The van der Waals surface area contributed by atoms with Crippen LogP contribution in [0.3, 0.4) is 0 Å². The molecule has 0 aliphatic carbocycles. The minimum absolute atomic E-state index is 0.380. The Hall–Kier alpha value is -2.72. The van der Waals surface area contributed by atoms with Crippen LogP contribution >= 0.6 is 23.1 Å². The molecule has 32 heavy (non-hydrogen) atoms. The normalized spacial score (nSPS) is 11.8. The maximum Gasteiger partial charge on any atom is 0.406 e. The van der Waals surface area contributed by atoms with Crippen LogP contribution in [0, 0.1) is 6.92 Å². The van der Waals surface area contributed by atoms with E-state index in [1.165, 1.54) is 15.9 Å². The van der Waals surface area contributed by atoms with Gasteiger partial charge in [-0.25, -0.2) is 0 Å². The lowest BCUT2D eigenvalue weighted by Crippen LogP contribution is -2.18. The number of hydrogen-bond acceptors (Lipinski definition) is 6. The molecule has 0 spiro atoms. The number of methoxy groups -OCH3 is 1. The highest BCUT2D eigenvalue weighted by Crippen LogP contribution is 2.35. The third-order valence-corrected chi connectivity index (χ3v) is 6.70. The minimum Gasteiger partial charge on any atom is -0.495 e. The van der Waals surface area contributed by atoms with Crippen LogP contribution < -0.4 is 10.1 Å². The molecular weight excluding hydrogens is 457 g/mol. The van der Waals surface area contributed by atoms with Gasteiger partial charge in [0.05, 0.1) is 25.0 Å². The summed E-state index contributed by atoms with van der Waals surface area (Å²) < 4.78 is 46.6. The Morgan fingerprint density at radius 3 is 2.69 bits per heavy atom. The summed E-state index contributed by atoms with van der Waals surface area (Å²) in [5, 5.41) is 13.5. The molecule has 4 rings (SSSR count). The number of aromatic nitrogens is 3. The monoisotopic (exact) mass is 478 g/mol. The first-order chi connectivity index (χ1) is 15.3.